The number of rotatable bonds is 6. The molecule has 1 unspecified atom stereocenters. The maximum Gasteiger partial charge on any atom is 0.215 e. The van der Waals surface area contributed by atoms with Gasteiger partial charge in [-0.2, -0.15) is 16.9 Å². The molecule has 1 atom stereocenters. The van der Waals surface area contributed by atoms with Crippen LogP contribution in [0.5, 0.6) is 0 Å². The molecule has 0 bridgehead atoms. The second kappa shape index (κ2) is 11.0. The van der Waals surface area contributed by atoms with E-state index in [1.807, 2.05) is 36.6 Å². The summed E-state index contributed by atoms with van der Waals surface area (Å²) in [5.74, 6) is 3.10. The van der Waals surface area contributed by atoms with Crippen molar-refractivity contribution >= 4 is 51.7 Å². The van der Waals surface area contributed by atoms with Crippen LogP contribution in [0.15, 0.2) is 17.4 Å². The number of thioether (sulfide) groups is 1. The number of hydrogen-bond acceptors (Lipinski definition) is 5. The molecule has 160 valence electrons. The standard InChI is InChI=1S/C17H30N6O2S2.HI/c1-3-18-17(19-5-11-27(24,25)23-7-9-26-10-8-23)22-6-4-15(14-22)16-12-20-21(2)13-16;/h12-13,15H,3-11,14H2,1-2H3,(H,18,19);1H. The Kier molecular flexibility index (Phi) is 9.35. The Balaban J connectivity index is 0.00000280. The lowest BCUT2D eigenvalue weighted by molar-refractivity contribution is 0.443. The SMILES string of the molecule is CCNC(=NCCS(=O)(=O)N1CCSCC1)N1CCC(c2cnn(C)c2)C1.I. The Hall–Kier alpha value is -0.530. The van der Waals surface area contributed by atoms with Gasteiger partial charge in [0.2, 0.25) is 10.0 Å². The molecular formula is C17H31IN6O2S2. The maximum atomic E-state index is 12.5. The molecule has 0 aromatic carbocycles. The van der Waals surface area contributed by atoms with E-state index in [1.165, 1.54) is 5.56 Å². The third kappa shape index (κ3) is 6.23. The van der Waals surface area contributed by atoms with Crippen molar-refractivity contribution in [1.82, 2.24) is 24.3 Å². The lowest BCUT2D eigenvalue weighted by Gasteiger charge is -2.25. The van der Waals surface area contributed by atoms with E-state index < -0.39 is 10.0 Å². The van der Waals surface area contributed by atoms with Crippen LogP contribution in [0, 0.1) is 0 Å². The fourth-order valence-corrected chi connectivity index (χ4v) is 5.98. The number of aliphatic imine (C=N–C) groups is 1. The Bertz CT molecular complexity index is 749. The molecule has 0 aliphatic carbocycles. The first kappa shape index (κ1) is 23.7. The molecule has 0 spiro atoms. The fraction of sp³-hybridized carbons (Fsp3) is 0.765. The number of sulfonamides is 1. The molecule has 2 saturated heterocycles. The number of nitrogens with zero attached hydrogens (tertiary/aromatic N) is 5. The first-order chi connectivity index (χ1) is 13.0. The second-order valence-electron chi connectivity index (χ2n) is 6.94. The van der Waals surface area contributed by atoms with Crippen LogP contribution in [0.25, 0.3) is 0 Å². The number of likely N-dealkylation sites (tertiary alicyclic amines) is 1. The van der Waals surface area contributed by atoms with Gasteiger partial charge in [-0.15, -0.1) is 24.0 Å². The zero-order valence-corrected chi connectivity index (χ0v) is 20.5. The Morgan fingerprint density at radius 2 is 2.11 bits per heavy atom. The van der Waals surface area contributed by atoms with Crippen LogP contribution in [-0.2, 0) is 17.1 Å². The number of aromatic nitrogens is 2. The van der Waals surface area contributed by atoms with Gasteiger partial charge in [-0.25, -0.2) is 12.7 Å². The van der Waals surface area contributed by atoms with Crippen molar-refractivity contribution in [2.45, 2.75) is 19.3 Å². The van der Waals surface area contributed by atoms with Crippen LogP contribution in [0.4, 0.5) is 0 Å². The van der Waals surface area contributed by atoms with Crippen molar-refractivity contribution in [2.24, 2.45) is 12.0 Å². The molecule has 0 saturated carbocycles. The number of nitrogens with one attached hydrogen (secondary N) is 1. The monoisotopic (exact) mass is 542 g/mol. The van der Waals surface area contributed by atoms with E-state index >= 15 is 0 Å². The Labute approximate surface area is 189 Å². The van der Waals surface area contributed by atoms with Crippen LogP contribution in [0.1, 0.15) is 24.8 Å². The predicted molar refractivity (Wildman–Crippen MR) is 126 cm³/mol. The molecule has 2 aliphatic heterocycles. The number of halogens is 1. The van der Waals surface area contributed by atoms with Crippen LogP contribution in [0.2, 0.25) is 0 Å². The summed E-state index contributed by atoms with van der Waals surface area (Å²) >= 11 is 1.81. The summed E-state index contributed by atoms with van der Waals surface area (Å²) in [6.07, 6.45) is 5.06. The largest absolute Gasteiger partial charge is 0.357 e. The Morgan fingerprint density at radius 1 is 1.36 bits per heavy atom. The molecule has 1 N–H and O–H groups in total. The van der Waals surface area contributed by atoms with E-state index in [0.29, 0.717) is 25.6 Å². The number of aryl methyl sites for hydroxylation is 1. The van der Waals surface area contributed by atoms with Gasteiger partial charge >= 0.3 is 0 Å². The van der Waals surface area contributed by atoms with E-state index in [9.17, 15) is 8.42 Å². The van der Waals surface area contributed by atoms with Crippen molar-refractivity contribution in [3.63, 3.8) is 0 Å². The van der Waals surface area contributed by atoms with E-state index in [0.717, 1.165) is 43.5 Å². The molecular weight excluding hydrogens is 511 g/mol. The second-order valence-corrected chi connectivity index (χ2v) is 10.3. The molecule has 0 amide bonds. The van der Waals surface area contributed by atoms with Gasteiger partial charge in [0.05, 0.1) is 18.5 Å². The van der Waals surface area contributed by atoms with Crippen LogP contribution >= 0.6 is 35.7 Å². The van der Waals surface area contributed by atoms with Crippen molar-refractivity contribution < 1.29 is 8.42 Å². The normalized spacial score (nSPS) is 21.6. The molecule has 3 rings (SSSR count). The molecule has 3 heterocycles. The summed E-state index contributed by atoms with van der Waals surface area (Å²) in [5.41, 5.74) is 1.25. The highest BCUT2D eigenvalue weighted by molar-refractivity contribution is 14.0. The van der Waals surface area contributed by atoms with Gasteiger partial charge in [0.25, 0.3) is 0 Å². The van der Waals surface area contributed by atoms with Gasteiger partial charge in [0, 0.05) is 63.4 Å². The first-order valence-corrected chi connectivity index (χ1v) is 12.3. The summed E-state index contributed by atoms with van der Waals surface area (Å²) in [6, 6.07) is 0. The molecule has 2 aliphatic rings. The lowest BCUT2D eigenvalue weighted by atomic mass is 10.0. The zero-order valence-electron chi connectivity index (χ0n) is 16.6. The number of hydrogen-bond donors (Lipinski definition) is 1. The smallest absolute Gasteiger partial charge is 0.215 e. The third-order valence-corrected chi connectivity index (χ3v) is 7.79. The van der Waals surface area contributed by atoms with Gasteiger partial charge in [-0.05, 0) is 18.9 Å². The van der Waals surface area contributed by atoms with Crippen LogP contribution < -0.4 is 5.32 Å². The van der Waals surface area contributed by atoms with Crippen LogP contribution in [-0.4, -0.2) is 89.9 Å². The zero-order chi connectivity index (χ0) is 19.3. The van der Waals surface area contributed by atoms with Gasteiger partial charge in [0.1, 0.15) is 0 Å². The summed E-state index contributed by atoms with van der Waals surface area (Å²) < 4.78 is 28.4. The van der Waals surface area contributed by atoms with E-state index in [4.69, 9.17) is 0 Å². The third-order valence-electron chi connectivity index (χ3n) is 4.99. The van der Waals surface area contributed by atoms with Crippen LogP contribution in [0.3, 0.4) is 0 Å². The molecule has 1 aromatic rings. The highest BCUT2D eigenvalue weighted by Crippen LogP contribution is 2.26. The van der Waals surface area contributed by atoms with E-state index in [-0.39, 0.29) is 29.7 Å². The fourth-order valence-electron chi connectivity index (χ4n) is 3.52. The summed E-state index contributed by atoms with van der Waals surface area (Å²) in [6.45, 7) is 6.14. The minimum atomic E-state index is -3.21. The van der Waals surface area contributed by atoms with E-state index in [1.54, 1.807) is 4.31 Å². The predicted octanol–water partition coefficient (Wildman–Crippen LogP) is 1.17. The van der Waals surface area contributed by atoms with Gasteiger partial charge in [-0.3, -0.25) is 9.67 Å². The van der Waals surface area contributed by atoms with E-state index in [2.05, 4.69) is 26.5 Å². The lowest BCUT2D eigenvalue weighted by Crippen LogP contribution is -2.41. The molecule has 1 aromatic heterocycles. The molecule has 0 radical (unpaired) electrons. The maximum absolute atomic E-state index is 12.5. The van der Waals surface area contributed by atoms with Gasteiger partial charge in [0.15, 0.2) is 5.96 Å². The van der Waals surface area contributed by atoms with Crippen molar-refractivity contribution in [1.29, 1.82) is 0 Å². The first-order valence-electron chi connectivity index (χ1n) is 9.57. The highest BCUT2D eigenvalue weighted by Gasteiger charge is 2.27. The summed E-state index contributed by atoms with van der Waals surface area (Å²) in [4.78, 5) is 6.84. The minimum Gasteiger partial charge on any atom is -0.357 e. The van der Waals surface area contributed by atoms with Crippen molar-refractivity contribution in [3.05, 3.63) is 18.0 Å². The average Bonchev–Trinajstić information content (AvgIpc) is 3.31. The summed E-state index contributed by atoms with van der Waals surface area (Å²) in [7, 11) is -1.28. The summed E-state index contributed by atoms with van der Waals surface area (Å²) in [5, 5.41) is 7.58. The Morgan fingerprint density at radius 3 is 2.75 bits per heavy atom. The molecule has 2 fully saturated rings. The molecule has 8 nitrogen and oxygen atoms in total. The molecule has 28 heavy (non-hydrogen) atoms. The van der Waals surface area contributed by atoms with Crippen molar-refractivity contribution in [3.8, 4) is 0 Å². The van der Waals surface area contributed by atoms with Crippen molar-refractivity contribution in [2.75, 3.05) is 56.5 Å². The minimum absolute atomic E-state index is 0. The average molecular weight is 543 g/mol. The van der Waals surface area contributed by atoms with Gasteiger partial charge < -0.3 is 10.2 Å². The van der Waals surface area contributed by atoms with Gasteiger partial charge in [-0.1, -0.05) is 0 Å². The molecule has 11 heteroatoms. The topological polar surface area (TPSA) is 82.8 Å². The quantitative estimate of drug-likeness (QED) is 0.330. The highest BCUT2D eigenvalue weighted by atomic mass is 127. The number of guanidine groups is 1.